The van der Waals surface area contributed by atoms with Crippen molar-refractivity contribution in [2.45, 2.75) is 26.7 Å². The van der Waals surface area contributed by atoms with Gasteiger partial charge >= 0.3 is 17.9 Å². The van der Waals surface area contributed by atoms with Crippen molar-refractivity contribution in [1.82, 2.24) is 9.55 Å². The molecular weight excluding hydrogens is 404 g/mol. The molecule has 2 aromatic heterocycles. The Hall–Kier alpha value is -3.18. The summed E-state index contributed by atoms with van der Waals surface area (Å²) in [6, 6.07) is 3.46. The fraction of sp³-hybridized carbons (Fsp3) is 0.333. The minimum absolute atomic E-state index is 0.398. The maximum Gasteiger partial charge on any atom is 0.350 e. The molecule has 0 aliphatic heterocycles. The first kappa shape index (κ1) is 23.9. The summed E-state index contributed by atoms with van der Waals surface area (Å²) in [4.78, 5) is 35.4. The van der Waals surface area contributed by atoms with E-state index in [1.54, 1.807) is 31.6 Å². The van der Waals surface area contributed by atoms with Crippen molar-refractivity contribution in [3.8, 4) is 5.06 Å². The van der Waals surface area contributed by atoms with Crippen LogP contribution in [0.4, 0.5) is 0 Å². The molecule has 11 heteroatoms. The number of aromatic nitrogens is 2. The average molecular weight is 426 g/mol. The topological polar surface area (TPSA) is 137 Å². The number of esters is 1. The Morgan fingerprint density at radius 2 is 1.93 bits per heavy atom. The van der Waals surface area contributed by atoms with Crippen molar-refractivity contribution in [3.05, 3.63) is 47.9 Å². The monoisotopic (exact) mass is 426 g/mol. The zero-order chi connectivity index (χ0) is 21.6. The lowest BCUT2D eigenvalue weighted by Crippen LogP contribution is -2.17. The predicted molar refractivity (Wildman–Crippen MR) is 103 cm³/mol. The Morgan fingerprint density at radius 3 is 2.48 bits per heavy atom. The molecule has 0 fully saturated rings. The molecule has 2 rings (SSSR count). The van der Waals surface area contributed by atoms with Gasteiger partial charge in [-0.3, -0.25) is 0 Å². The molecular formula is C18H22N2O8S. The molecule has 10 nitrogen and oxygen atoms in total. The highest BCUT2D eigenvalue weighted by Gasteiger charge is 2.14. The lowest BCUT2D eigenvalue weighted by molar-refractivity contribution is -0.134. The van der Waals surface area contributed by atoms with Gasteiger partial charge in [0.2, 0.25) is 6.29 Å². The molecule has 158 valence electrons. The van der Waals surface area contributed by atoms with Gasteiger partial charge in [-0.25, -0.2) is 19.4 Å². The van der Waals surface area contributed by atoms with Crippen molar-refractivity contribution in [1.29, 1.82) is 0 Å². The normalized spacial score (nSPS) is 11.4. The first-order valence-electron chi connectivity index (χ1n) is 8.46. The largest absolute Gasteiger partial charge is 0.482 e. The number of imidazole rings is 1. The average Bonchev–Trinajstić information content (AvgIpc) is 3.33. The zero-order valence-electron chi connectivity index (χ0n) is 15.9. The van der Waals surface area contributed by atoms with E-state index >= 15 is 0 Å². The summed E-state index contributed by atoms with van der Waals surface area (Å²) in [5.41, 5.74) is 0. The molecule has 0 amide bonds. The van der Waals surface area contributed by atoms with E-state index in [-0.39, 0.29) is 0 Å². The number of ether oxygens (including phenoxy) is 3. The van der Waals surface area contributed by atoms with Crippen LogP contribution in [0.25, 0.3) is 0 Å². The molecule has 0 saturated heterocycles. The molecule has 0 radical (unpaired) electrons. The van der Waals surface area contributed by atoms with Gasteiger partial charge in [-0.15, -0.1) is 0 Å². The van der Waals surface area contributed by atoms with Crippen LogP contribution < -0.4 is 4.74 Å². The van der Waals surface area contributed by atoms with E-state index in [1.807, 2.05) is 17.7 Å². The number of rotatable bonds is 10. The quantitative estimate of drug-likeness (QED) is 0.333. The second kappa shape index (κ2) is 13.1. The lowest BCUT2D eigenvalue weighted by atomic mass is 10.5. The fourth-order valence-electron chi connectivity index (χ4n) is 1.80. The first-order valence-corrected chi connectivity index (χ1v) is 9.28. The molecule has 2 N–H and O–H groups in total. The molecule has 0 aliphatic carbocycles. The molecule has 0 bridgehead atoms. The lowest BCUT2D eigenvalue weighted by Gasteiger charge is -2.11. The summed E-state index contributed by atoms with van der Waals surface area (Å²) in [6.07, 6.45) is 5.89. The van der Waals surface area contributed by atoms with Crippen LogP contribution in [0.3, 0.4) is 0 Å². The van der Waals surface area contributed by atoms with Gasteiger partial charge in [-0.05, 0) is 26.0 Å². The second-order valence-corrected chi connectivity index (χ2v) is 6.25. The maximum atomic E-state index is 11.8. The van der Waals surface area contributed by atoms with Crippen LogP contribution in [0.15, 0.2) is 43.0 Å². The molecule has 29 heavy (non-hydrogen) atoms. The third-order valence-electron chi connectivity index (χ3n) is 2.98. The number of thiophene rings is 1. The third-order valence-corrected chi connectivity index (χ3v) is 3.96. The van der Waals surface area contributed by atoms with E-state index in [0.717, 1.165) is 0 Å². The zero-order valence-corrected chi connectivity index (χ0v) is 16.7. The van der Waals surface area contributed by atoms with Gasteiger partial charge in [-0.2, -0.15) is 0 Å². The number of aliphatic carboxylic acids is 2. The molecule has 2 aromatic rings. The van der Waals surface area contributed by atoms with Crippen LogP contribution in [-0.4, -0.2) is 57.2 Å². The first-order chi connectivity index (χ1) is 13.8. The summed E-state index contributed by atoms with van der Waals surface area (Å²) in [5.74, 6) is -2.91. The van der Waals surface area contributed by atoms with Crippen molar-refractivity contribution < 1.29 is 38.8 Å². The van der Waals surface area contributed by atoms with Crippen molar-refractivity contribution in [2.24, 2.45) is 0 Å². The van der Waals surface area contributed by atoms with Gasteiger partial charge in [-0.1, -0.05) is 11.3 Å². The van der Waals surface area contributed by atoms with E-state index in [4.69, 9.17) is 24.4 Å². The predicted octanol–water partition coefficient (Wildman–Crippen LogP) is 2.27. The van der Waals surface area contributed by atoms with Gasteiger partial charge in [0.1, 0.15) is 11.5 Å². The van der Waals surface area contributed by atoms with Crippen molar-refractivity contribution >= 4 is 29.2 Å². The number of hydrogen-bond acceptors (Lipinski definition) is 8. The molecule has 2 heterocycles. The Labute approximate surface area is 171 Å². The number of hydrogen-bond donors (Lipinski definition) is 2. The van der Waals surface area contributed by atoms with Gasteiger partial charge in [0, 0.05) is 31.2 Å². The smallest absolute Gasteiger partial charge is 0.350 e. The van der Waals surface area contributed by atoms with Crippen LogP contribution in [0.5, 0.6) is 5.06 Å². The highest BCUT2D eigenvalue weighted by atomic mass is 32.1. The summed E-state index contributed by atoms with van der Waals surface area (Å²) in [6.45, 7) is 5.26. The maximum absolute atomic E-state index is 11.8. The Balaban J connectivity index is 0.000000447. The van der Waals surface area contributed by atoms with Crippen LogP contribution in [0.2, 0.25) is 0 Å². The van der Waals surface area contributed by atoms with Gasteiger partial charge in [0.25, 0.3) is 0 Å². The highest BCUT2D eigenvalue weighted by molar-refractivity contribution is 7.15. The number of nitrogens with zero attached hydrogens (tertiary/aromatic N) is 2. The van der Waals surface area contributed by atoms with Gasteiger partial charge < -0.3 is 29.0 Å². The minimum Gasteiger partial charge on any atom is -0.482 e. The van der Waals surface area contributed by atoms with E-state index in [0.29, 0.717) is 41.9 Å². The molecule has 0 aliphatic rings. The van der Waals surface area contributed by atoms with E-state index in [2.05, 4.69) is 4.98 Å². The Bertz CT molecular complexity index is 785. The number of carboxylic acids is 2. The summed E-state index contributed by atoms with van der Waals surface area (Å²) >= 11 is 1.26. The Kier molecular flexibility index (Phi) is 10.8. The van der Waals surface area contributed by atoms with Crippen LogP contribution in [-0.2, 0) is 25.6 Å². The number of carbonyl (C=O) groups is 3. The highest BCUT2D eigenvalue weighted by Crippen LogP contribution is 2.25. The Morgan fingerprint density at radius 1 is 1.24 bits per heavy atom. The molecule has 0 spiro atoms. The fourth-order valence-corrected chi connectivity index (χ4v) is 2.56. The molecule has 1 atom stereocenters. The van der Waals surface area contributed by atoms with Crippen LogP contribution >= 0.6 is 11.3 Å². The second-order valence-electron chi connectivity index (χ2n) is 5.21. The van der Waals surface area contributed by atoms with E-state index in [1.165, 1.54) is 11.3 Å². The molecule has 0 aromatic carbocycles. The number of carbonyl (C=O) groups excluding carboxylic acids is 1. The molecule has 0 saturated carbocycles. The van der Waals surface area contributed by atoms with Crippen molar-refractivity contribution in [2.75, 3.05) is 13.2 Å². The van der Waals surface area contributed by atoms with Gasteiger partial charge in [0.15, 0.2) is 5.06 Å². The van der Waals surface area contributed by atoms with E-state index in [9.17, 15) is 14.4 Å². The third kappa shape index (κ3) is 10.7. The summed E-state index contributed by atoms with van der Waals surface area (Å²) in [5, 5.41) is 16.3. The van der Waals surface area contributed by atoms with Crippen LogP contribution in [0.1, 0.15) is 23.5 Å². The molecule has 1 unspecified atom stereocenters. The van der Waals surface area contributed by atoms with Gasteiger partial charge in [0.05, 0.1) is 12.9 Å². The van der Waals surface area contributed by atoms with E-state index < -0.39 is 24.2 Å². The van der Waals surface area contributed by atoms with Crippen molar-refractivity contribution in [3.63, 3.8) is 0 Å². The summed E-state index contributed by atoms with van der Waals surface area (Å²) < 4.78 is 17.8. The van der Waals surface area contributed by atoms with Crippen LogP contribution in [0, 0.1) is 0 Å². The number of carboxylic acid groups (broad SMARTS) is 2. The SMILES string of the molecule is CCOC(C)OC(=O)c1ccc(OCCn2ccnc2)s1.O=C(O)/C=C/C(=O)O. The standard InChI is InChI=1S/C14H18N2O4S.C4H4O4/c1-3-18-11(2)20-14(17)12-4-5-13(21-12)19-9-8-16-7-6-15-10-16;5-3(6)1-2-4(7)8/h4-7,10-11H,3,8-9H2,1-2H3;1-2H,(H,5,6)(H,7,8)/b;2-1+. The minimum atomic E-state index is -1.26. The summed E-state index contributed by atoms with van der Waals surface area (Å²) in [7, 11) is 0.